The van der Waals surface area contributed by atoms with Gasteiger partial charge in [0.15, 0.2) is 0 Å². The third-order valence-corrected chi connectivity index (χ3v) is 3.80. The summed E-state index contributed by atoms with van der Waals surface area (Å²) in [6.07, 6.45) is 5.62. The molecule has 3 atom stereocenters. The minimum Gasteiger partial charge on any atom is -0.460 e. The molecule has 0 aliphatic heterocycles. The largest absolute Gasteiger partial charge is 0.460 e. The summed E-state index contributed by atoms with van der Waals surface area (Å²) in [6.45, 7) is 10.4. The molecule has 0 bridgehead atoms. The fourth-order valence-corrected chi connectivity index (χ4v) is 2.61. The first-order chi connectivity index (χ1) is 7.78. The average Bonchev–Trinajstić information content (AvgIpc) is 2.30. The van der Waals surface area contributed by atoms with E-state index in [9.17, 15) is 4.79 Å². The molecule has 1 aliphatic carbocycles. The monoisotopic (exact) mass is 240 g/mol. The molecule has 0 aromatic heterocycles. The van der Waals surface area contributed by atoms with Crippen LogP contribution < -0.4 is 0 Å². The van der Waals surface area contributed by atoms with Crippen LogP contribution in [-0.4, -0.2) is 11.6 Å². The van der Waals surface area contributed by atoms with Crippen molar-refractivity contribution in [3.05, 3.63) is 0 Å². The molecule has 2 heteroatoms. The van der Waals surface area contributed by atoms with Crippen LogP contribution >= 0.6 is 0 Å². The highest BCUT2D eigenvalue weighted by molar-refractivity contribution is 5.70. The molecule has 2 nitrogen and oxygen atoms in total. The van der Waals surface area contributed by atoms with E-state index in [0.717, 1.165) is 5.92 Å². The molecule has 0 amide bonds. The van der Waals surface area contributed by atoms with Gasteiger partial charge in [0.05, 0.1) is 0 Å². The van der Waals surface area contributed by atoms with Crippen molar-refractivity contribution in [2.75, 3.05) is 0 Å². The van der Waals surface area contributed by atoms with Crippen molar-refractivity contribution in [1.29, 1.82) is 0 Å². The topological polar surface area (TPSA) is 26.3 Å². The van der Waals surface area contributed by atoms with Gasteiger partial charge in [0, 0.05) is 6.42 Å². The molecule has 3 unspecified atom stereocenters. The number of carbonyl (C=O) groups excluding carboxylic acids is 1. The molecule has 1 aliphatic rings. The van der Waals surface area contributed by atoms with Gasteiger partial charge in [0.1, 0.15) is 5.60 Å². The van der Waals surface area contributed by atoms with E-state index in [4.69, 9.17) is 4.74 Å². The number of hydrogen-bond donors (Lipinski definition) is 0. The van der Waals surface area contributed by atoms with Crippen LogP contribution in [0.25, 0.3) is 0 Å². The van der Waals surface area contributed by atoms with Gasteiger partial charge >= 0.3 is 5.97 Å². The van der Waals surface area contributed by atoms with Crippen LogP contribution in [0.15, 0.2) is 0 Å². The van der Waals surface area contributed by atoms with Gasteiger partial charge in [-0.15, -0.1) is 0 Å². The zero-order valence-electron chi connectivity index (χ0n) is 12.1. The third-order valence-electron chi connectivity index (χ3n) is 3.80. The lowest BCUT2D eigenvalue weighted by Gasteiger charge is -2.24. The zero-order valence-corrected chi connectivity index (χ0v) is 12.1. The van der Waals surface area contributed by atoms with Crippen LogP contribution in [-0.2, 0) is 9.53 Å². The standard InChI is InChI=1S/C15H28O2/c1-11-6-8-12(2)13(9-7-11)10-14(16)17-15(3,4)5/h11-13H,6-10H2,1-5H3. The van der Waals surface area contributed by atoms with Crippen molar-refractivity contribution >= 4 is 5.97 Å². The van der Waals surface area contributed by atoms with E-state index in [1.807, 2.05) is 20.8 Å². The van der Waals surface area contributed by atoms with E-state index in [0.29, 0.717) is 18.3 Å². The zero-order chi connectivity index (χ0) is 13.1. The molecule has 0 spiro atoms. The predicted octanol–water partition coefficient (Wildman–Crippen LogP) is 4.18. The Morgan fingerprint density at radius 1 is 1.12 bits per heavy atom. The molecular weight excluding hydrogens is 212 g/mol. The van der Waals surface area contributed by atoms with E-state index in [2.05, 4.69) is 13.8 Å². The summed E-state index contributed by atoms with van der Waals surface area (Å²) in [5, 5.41) is 0. The van der Waals surface area contributed by atoms with Crippen LogP contribution in [0.3, 0.4) is 0 Å². The van der Waals surface area contributed by atoms with Gasteiger partial charge in [-0.05, 0) is 44.9 Å². The Morgan fingerprint density at radius 2 is 1.71 bits per heavy atom. The van der Waals surface area contributed by atoms with Crippen LogP contribution in [0.2, 0.25) is 0 Å². The number of ether oxygens (including phenoxy) is 1. The van der Waals surface area contributed by atoms with Gasteiger partial charge in [0.2, 0.25) is 0 Å². The first-order valence-corrected chi connectivity index (χ1v) is 7.00. The smallest absolute Gasteiger partial charge is 0.306 e. The van der Waals surface area contributed by atoms with Crippen molar-refractivity contribution in [2.24, 2.45) is 17.8 Å². The van der Waals surface area contributed by atoms with Crippen LogP contribution in [0.1, 0.15) is 66.7 Å². The number of esters is 1. The van der Waals surface area contributed by atoms with Crippen molar-refractivity contribution in [3.63, 3.8) is 0 Å². The lowest BCUT2D eigenvalue weighted by atomic mass is 9.87. The summed E-state index contributed by atoms with van der Waals surface area (Å²) in [5.74, 6) is 1.98. The van der Waals surface area contributed by atoms with Crippen molar-refractivity contribution in [1.82, 2.24) is 0 Å². The molecule has 1 rings (SSSR count). The highest BCUT2D eigenvalue weighted by Crippen LogP contribution is 2.33. The molecule has 0 N–H and O–H groups in total. The first kappa shape index (κ1) is 14.5. The Balaban J connectivity index is 2.46. The Hall–Kier alpha value is -0.530. The highest BCUT2D eigenvalue weighted by Gasteiger charge is 2.27. The SMILES string of the molecule is CC1CCC(C)C(CC(=O)OC(C)(C)C)CC1. The van der Waals surface area contributed by atoms with Gasteiger partial charge in [0.25, 0.3) is 0 Å². The van der Waals surface area contributed by atoms with Gasteiger partial charge in [-0.1, -0.05) is 33.1 Å². The Labute approximate surface area is 106 Å². The highest BCUT2D eigenvalue weighted by atomic mass is 16.6. The number of hydrogen-bond acceptors (Lipinski definition) is 2. The summed E-state index contributed by atoms with van der Waals surface area (Å²) in [6, 6.07) is 0. The minimum absolute atomic E-state index is 0.0242. The molecule has 0 aromatic rings. The molecule has 0 aromatic carbocycles. The third kappa shape index (κ3) is 5.56. The molecule has 1 fully saturated rings. The molecule has 0 radical (unpaired) electrons. The van der Waals surface area contributed by atoms with Crippen molar-refractivity contribution < 1.29 is 9.53 Å². The normalized spacial score (nSPS) is 30.8. The minimum atomic E-state index is -0.349. The average molecular weight is 240 g/mol. The Kier molecular flexibility index (Phi) is 5.03. The van der Waals surface area contributed by atoms with E-state index >= 15 is 0 Å². The maximum absolute atomic E-state index is 11.8. The molecule has 0 heterocycles. The van der Waals surface area contributed by atoms with Crippen LogP contribution in [0.4, 0.5) is 0 Å². The van der Waals surface area contributed by atoms with Gasteiger partial charge in [-0.2, -0.15) is 0 Å². The van der Waals surface area contributed by atoms with E-state index in [1.54, 1.807) is 0 Å². The van der Waals surface area contributed by atoms with Crippen molar-refractivity contribution in [2.45, 2.75) is 72.3 Å². The molecular formula is C15H28O2. The molecule has 0 saturated heterocycles. The van der Waals surface area contributed by atoms with Gasteiger partial charge < -0.3 is 4.74 Å². The lowest BCUT2D eigenvalue weighted by molar-refractivity contribution is -0.156. The first-order valence-electron chi connectivity index (χ1n) is 7.00. The maximum Gasteiger partial charge on any atom is 0.306 e. The van der Waals surface area contributed by atoms with Gasteiger partial charge in [-0.25, -0.2) is 0 Å². The summed E-state index contributed by atoms with van der Waals surface area (Å²) in [5.41, 5.74) is -0.349. The summed E-state index contributed by atoms with van der Waals surface area (Å²) >= 11 is 0. The summed E-state index contributed by atoms with van der Waals surface area (Å²) in [4.78, 5) is 11.8. The van der Waals surface area contributed by atoms with E-state index in [1.165, 1.54) is 25.7 Å². The quantitative estimate of drug-likeness (QED) is 0.534. The predicted molar refractivity (Wildman–Crippen MR) is 70.7 cm³/mol. The lowest BCUT2D eigenvalue weighted by Crippen LogP contribution is -2.26. The fraction of sp³-hybridized carbons (Fsp3) is 0.933. The second-order valence-corrected chi connectivity index (χ2v) is 6.79. The van der Waals surface area contributed by atoms with Crippen LogP contribution in [0, 0.1) is 17.8 Å². The molecule has 100 valence electrons. The van der Waals surface area contributed by atoms with Crippen LogP contribution in [0.5, 0.6) is 0 Å². The number of carbonyl (C=O) groups is 1. The maximum atomic E-state index is 11.8. The molecule has 1 saturated carbocycles. The van der Waals surface area contributed by atoms with E-state index < -0.39 is 0 Å². The van der Waals surface area contributed by atoms with Crippen molar-refractivity contribution in [3.8, 4) is 0 Å². The second kappa shape index (κ2) is 5.88. The van der Waals surface area contributed by atoms with Gasteiger partial charge in [-0.3, -0.25) is 4.79 Å². The second-order valence-electron chi connectivity index (χ2n) is 6.79. The molecule has 17 heavy (non-hydrogen) atoms. The number of rotatable bonds is 2. The Bertz CT molecular complexity index is 252. The Morgan fingerprint density at radius 3 is 2.29 bits per heavy atom. The fourth-order valence-electron chi connectivity index (χ4n) is 2.61. The van der Waals surface area contributed by atoms with E-state index in [-0.39, 0.29) is 11.6 Å². The summed E-state index contributed by atoms with van der Waals surface area (Å²) < 4.78 is 5.42. The summed E-state index contributed by atoms with van der Waals surface area (Å²) in [7, 11) is 0.